The van der Waals surface area contributed by atoms with E-state index in [-0.39, 0.29) is 11.4 Å². The molecule has 0 amide bonds. The van der Waals surface area contributed by atoms with Crippen LogP contribution in [0.4, 0.5) is 0 Å². The van der Waals surface area contributed by atoms with Crippen LogP contribution in [0.2, 0.25) is 0 Å². The molecule has 0 aliphatic carbocycles. The normalized spacial score (nSPS) is 18.1. The Kier molecular flexibility index (Phi) is 1.80. The van der Waals surface area contributed by atoms with Gasteiger partial charge in [0.25, 0.3) is 0 Å². The minimum Gasteiger partial charge on any atom is -0.503 e. The van der Waals surface area contributed by atoms with Gasteiger partial charge in [0.05, 0.1) is 4.47 Å². The second-order valence-corrected chi connectivity index (χ2v) is 4.78. The van der Waals surface area contributed by atoms with Gasteiger partial charge in [-0.25, -0.2) is 0 Å². The zero-order valence-electron chi connectivity index (χ0n) is 7.60. The van der Waals surface area contributed by atoms with Crippen molar-refractivity contribution in [1.82, 2.24) is 0 Å². The molecule has 0 spiro atoms. The number of aromatic hydroxyl groups is 1. The van der Waals surface area contributed by atoms with Crippen molar-refractivity contribution in [2.45, 2.75) is 25.9 Å². The Balaban J connectivity index is 2.53. The quantitative estimate of drug-likeness (QED) is 0.759. The third kappa shape index (κ3) is 1.41. The van der Waals surface area contributed by atoms with Gasteiger partial charge in [0.2, 0.25) is 0 Å². The van der Waals surface area contributed by atoms with Gasteiger partial charge in [-0.2, -0.15) is 0 Å². The molecule has 13 heavy (non-hydrogen) atoms. The molecule has 2 nitrogen and oxygen atoms in total. The predicted molar refractivity (Wildman–Crippen MR) is 54.2 cm³/mol. The standard InChI is InChI=1S/C10H11BrO2/c1-10(2)5-6-3-4-7(11)8(12)9(6)13-10/h3-4,12H,5H2,1-2H3. The molecule has 1 aliphatic heterocycles. The molecule has 0 bridgehead atoms. The molecule has 3 heteroatoms. The second-order valence-electron chi connectivity index (χ2n) is 3.92. The van der Waals surface area contributed by atoms with Crippen molar-refractivity contribution >= 4 is 15.9 Å². The van der Waals surface area contributed by atoms with Crippen LogP contribution in [0, 0.1) is 0 Å². The van der Waals surface area contributed by atoms with Crippen LogP contribution in [-0.2, 0) is 6.42 Å². The Bertz CT molecular complexity index is 358. The van der Waals surface area contributed by atoms with Gasteiger partial charge in [-0.05, 0) is 35.8 Å². The molecule has 70 valence electrons. The molecule has 1 aliphatic rings. The first-order valence-electron chi connectivity index (χ1n) is 4.19. The molecule has 1 N–H and O–H groups in total. The van der Waals surface area contributed by atoms with Crippen molar-refractivity contribution in [3.63, 3.8) is 0 Å². The van der Waals surface area contributed by atoms with Crippen molar-refractivity contribution in [1.29, 1.82) is 0 Å². The van der Waals surface area contributed by atoms with Crippen LogP contribution >= 0.6 is 15.9 Å². The Morgan fingerprint density at radius 2 is 2.15 bits per heavy atom. The zero-order chi connectivity index (χ0) is 9.64. The molecule has 0 saturated carbocycles. The van der Waals surface area contributed by atoms with Gasteiger partial charge in [-0.3, -0.25) is 0 Å². The monoisotopic (exact) mass is 242 g/mol. The van der Waals surface area contributed by atoms with Gasteiger partial charge >= 0.3 is 0 Å². The van der Waals surface area contributed by atoms with Crippen molar-refractivity contribution in [2.24, 2.45) is 0 Å². The summed E-state index contributed by atoms with van der Waals surface area (Å²) in [5, 5.41) is 9.68. The highest BCUT2D eigenvalue weighted by Crippen LogP contribution is 2.44. The van der Waals surface area contributed by atoms with Crippen LogP contribution in [0.15, 0.2) is 16.6 Å². The summed E-state index contributed by atoms with van der Waals surface area (Å²) in [6, 6.07) is 3.83. The number of fused-ring (bicyclic) bond motifs is 1. The van der Waals surface area contributed by atoms with Gasteiger partial charge in [-0.1, -0.05) is 6.07 Å². The van der Waals surface area contributed by atoms with E-state index < -0.39 is 0 Å². The average molecular weight is 243 g/mol. The molecular weight excluding hydrogens is 232 g/mol. The number of ether oxygens (including phenoxy) is 1. The summed E-state index contributed by atoms with van der Waals surface area (Å²) in [5.74, 6) is 0.836. The number of halogens is 1. The first-order chi connectivity index (χ1) is 5.99. The number of benzene rings is 1. The minimum atomic E-state index is -0.194. The largest absolute Gasteiger partial charge is 0.503 e. The fourth-order valence-corrected chi connectivity index (χ4v) is 1.93. The van der Waals surface area contributed by atoms with E-state index in [2.05, 4.69) is 15.9 Å². The van der Waals surface area contributed by atoms with Crippen LogP contribution < -0.4 is 4.74 Å². The van der Waals surface area contributed by atoms with E-state index in [1.165, 1.54) is 0 Å². The lowest BCUT2D eigenvalue weighted by Crippen LogP contribution is -2.24. The molecule has 0 atom stereocenters. The topological polar surface area (TPSA) is 29.5 Å². The lowest BCUT2D eigenvalue weighted by molar-refractivity contribution is 0.134. The fourth-order valence-electron chi connectivity index (χ4n) is 1.61. The summed E-state index contributed by atoms with van der Waals surface area (Å²) in [7, 11) is 0. The zero-order valence-corrected chi connectivity index (χ0v) is 9.18. The van der Waals surface area contributed by atoms with E-state index in [1.807, 2.05) is 26.0 Å². The highest BCUT2D eigenvalue weighted by molar-refractivity contribution is 9.10. The molecule has 0 aromatic heterocycles. The van der Waals surface area contributed by atoms with Crippen LogP contribution in [0.1, 0.15) is 19.4 Å². The van der Waals surface area contributed by atoms with Gasteiger partial charge in [0.1, 0.15) is 5.60 Å². The maximum absolute atomic E-state index is 9.68. The number of rotatable bonds is 0. The Labute approximate surface area is 85.7 Å². The van der Waals surface area contributed by atoms with Gasteiger partial charge < -0.3 is 9.84 Å². The van der Waals surface area contributed by atoms with E-state index in [1.54, 1.807) is 0 Å². The van der Waals surface area contributed by atoms with Crippen LogP contribution in [-0.4, -0.2) is 10.7 Å². The molecular formula is C10H11BrO2. The maximum atomic E-state index is 9.68. The van der Waals surface area contributed by atoms with Crippen LogP contribution in [0.5, 0.6) is 11.5 Å². The van der Waals surface area contributed by atoms with E-state index in [0.717, 1.165) is 12.0 Å². The second kappa shape index (κ2) is 2.64. The van der Waals surface area contributed by atoms with E-state index in [4.69, 9.17) is 4.74 Å². The van der Waals surface area contributed by atoms with E-state index in [0.29, 0.717) is 10.2 Å². The lowest BCUT2D eigenvalue weighted by Gasteiger charge is -2.17. The van der Waals surface area contributed by atoms with Crippen LogP contribution in [0.25, 0.3) is 0 Å². The Hall–Kier alpha value is -0.700. The first-order valence-corrected chi connectivity index (χ1v) is 4.98. The SMILES string of the molecule is CC1(C)Cc2ccc(Br)c(O)c2O1. The first kappa shape index (κ1) is 8.88. The summed E-state index contributed by atoms with van der Waals surface area (Å²) in [6.45, 7) is 4.03. The molecule has 1 aromatic carbocycles. The summed E-state index contributed by atoms with van der Waals surface area (Å²) >= 11 is 3.26. The summed E-state index contributed by atoms with van der Waals surface area (Å²) in [6.07, 6.45) is 0.850. The number of hydrogen-bond donors (Lipinski definition) is 1. The highest BCUT2D eigenvalue weighted by atomic mass is 79.9. The Morgan fingerprint density at radius 3 is 2.85 bits per heavy atom. The summed E-state index contributed by atoms with van der Waals surface area (Å²) < 4.78 is 6.31. The van der Waals surface area contributed by atoms with E-state index in [9.17, 15) is 5.11 Å². The van der Waals surface area contributed by atoms with E-state index >= 15 is 0 Å². The third-order valence-corrected chi connectivity index (χ3v) is 2.80. The van der Waals surface area contributed by atoms with Crippen molar-refractivity contribution < 1.29 is 9.84 Å². The van der Waals surface area contributed by atoms with Crippen molar-refractivity contribution in [3.05, 3.63) is 22.2 Å². The number of hydrogen-bond acceptors (Lipinski definition) is 2. The lowest BCUT2D eigenvalue weighted by atomic mass is 10.0. The number of phenols is 1. The molecule has 0 unspecified atom stereocenters. The van der Waals surface area contributed by atoms with Gasteiger partial charge in [-0.15, -0.1) is 0 Å². The van der Waals surface area contributed by atoms with Crippen molar-refractivity contribution in [2.75, 3.05) is 0 Å². The van der Waals surface area contributed by atoms with Gasteiger partial charge in [0.15, 0.2) is 11.5 Å². The molecule has 0 radical (unpaired) electrons. The molecule has 0 fully saturated rings. The molecule has 0 saturated heterocycles. The fraction of sp³-hybridized carbons (Fsp3) is 0.400. The molecule has 2 rings (SSSR count). The maximum Gasteiger partial charge on any atom is 0.172 e. The summed E-state index contributed by atoms with van der Waals surface area (Å²) in [5.41, 5.74) is 0.881. The minimum absolute atomic E-state index is 0.194. The van der Waals surface area contributed by atoms with Gasteiger partial charge in [0, 0.05) is 12.0 Å². The van der Waals surface area contributed by atoms with Crippen molar-refractivity contribution in [3.8, 4) is 11.5 Å². The number of phenolic OH excluding ortho intramolecular Hbond substituents is 1. The summed E-state index contributed by atoms with van der Waals surface area (Å²) in [4.78, 5) is 0. The van der Waals surface area contributed by atoms with Crippen LogP contribution in [0.3, 0.4) is 0 Å². The third-order valence-electron chi connectivity index (χ3n) is 2.16. The highest BCUT2D eigenvalue weighted by Gasteiger charge is 2.32. The predicted octanol–water partition coefficient (Wildman–Crippen LogP) is 2.87. The molecule has 1 heterocycles. The Morgan fingerprint density at radius 1 is 1.46 bits per heavy atom. The average Bonchev–Trinajstić information content (AvgIpc) is 2.34. The smallest absolute Gasteiger partial charge is 0.172 e. The molecule has 1 aromatic rings.